The molecule has 1 aliphatic carbocycles. The van der Waals surface area contributed by atoms with E-state index in [2.05, 4.69) is 11.8 Å². The molecule has 0 unspecified atom stereocenters. The Hall–Kier alpha value is -0.730. The average molecular weight is 268 g/mol. The van der Waals surface area contributed by atoms with Crippen molar-refractivity contribution >= 4 is 17.3 Å². The van der Waals surface area contributed by atoms with Gasteiger partial charge in [-0.25, -0.2) is 0 Å². The van der Waals surface area contributed by atoms with E-state index in [-0.39, 0.29) is 0 Å². The third kappa shape index (κ3) is 2.99. The molecule has 1 aromatic carbocycles. The zero-order chi connectivity index (χ0) is 13.1. The van der Waals surface area contributed by atoms with E-state index in [0.29, 0.717) is 0 Å². The Bertz CT molecular complexity index is 401. The van der Waals surface area contributed by atoms with Gasteiger partial charge < -0.3 is 10.0 Å². The monoisotopic (exact) mass is 267 g/mol. The second-order valence-corrected chi connectivity index (χ2v) is 5.63. The molecule has 0 heterocycles. The number of nitrogens with zero attached hydrogens (tertiary/aromatic N) is 1. The standard InChI is InChI=1S/C15H22ClNO/c1-3-17(10-12-5-4-6-12)15-8-7-13(11(2)18)9-14(15)16/h7-9,11-12,18H,3-6,10H2,1-2H3/t11-/m1/s1. The maximum absolute atomic E-state index is 9.56. The summed E-state index contributed by atoms with van der Waals surface area (Å²) in [4.78, 5) is 2.35. The summed E-state index contributed by atoms with van der Waals surface area (Å²) in [7, 11) is 0. The number of benzene rings is 1. The molecule has 0 saturated heterocycles. The third-order valence-corrected chi connectivity index (χ3v) is 4.18. The summed E-state index contributed by atoms with van der Waals surface area (Å²) < 4.78 is 0. The first-order valence-corrected chi connectivity index (χ1v) is 7.22. The molecule has 0 aliphatic heterocycles. The molecule has 0 aromatic heterocycles. The fourth-order valence-corrected chi connectivity index (χ4v) is 2.73. The highest BCUT2D eigenvalue weighted by Gasteiger charge is 2.21. The highest BCUT2D eigenvalue weighted by Crippen LogP contribution is 2.33. The molecule has 1 fully saturated rings. The molecule has 0 bridgehead atoms. The Morgan fingerprint density at radius 3 is 2.61 bits per heavy atom. The van der Waals surface area contributed by atoms with Gasteiger partial charge in [0.15, 0.2) is 0 Å². The van der Waals surface area contributed by atoms with E-state index in [4.69, 9.17) is 11.6 Å². The average Bonchev–Trinajstić information content (AvgIpc) is 2.29. The molecule has 1 N–H and O–H groups in total. The van der Waals surface area contributed by atoms with Crippen molar-refractivity contribution in [1.82, 2.24) is 0 Å². The van der Waals surface area contributed by atoms with Gasteiger partial charge in [-0.1, -0.05) is 24.1 Å². The SMILES string of the molecule is CCN(CC1CCC1)c1ccc([C@@H](C)O)cc1Cl. The lowest BCUT2D eigenvalue weighted by Gasteiger charge is -2.33. The lowest BCUT2D eigenvalue weighted by Crippen LogP contribution is -2.32. The van der Waals surface area contributed by atoms with E-state index in [1.807, 2.05) is 18.2 Å². The number of anilines is 1. The predicted octanol–water partition coefficient (Wildman–Crippen LogP) is 4.02. The Morgan fingerprint density at radius 2 is 2.17 bits per heavy atom. The minimum atomic E-state index is -0.460. The van der Waals surface area contributed by atoms with E-state index in [0.717, 1.165) is 35.3 Å². The van der Waals surface area contributed by atoms with Crippen LogP contribution in [-0.2, 0) is 0 Å². The quantitative estimate of drug-likeness (QED) is 0.871. The van der Waals surface area contributed by atoms with Gasteiger partial charge in [0.25, 0.3) is 0 Å². The zero-order valence-electron chi connectivity index (χ0n) is 11.2. The van der Waals surface area contributed by atoms with Crippen LogP contribution in [0.2, 0.25) is 5.02 Å². The topological polar surface area (TPSA) is 23.5 Å². The summed E-state index contributed by atoms with van der Waals surface area (Å²) in [5.41, 5.74) is 1.97. The van der Waals surface area contributed by atoms with Crippen molar-refractivity contribution in [2.24, 2.45) is 5.92 Å². The summed E-state index contributed by atoms with van der Waals surface area (Å²) in [6, 6.07) is 5.88. The fourth-order valence-electron chi connectivity index (χ4n) is 2.42. The second-order valence-electron chi connectivity index (χ2n) is 5.22. The second kappa shape index (κ2) is 5.94. The lowest BCUT2D eigenvalue weighted by molar-refractivity contribution is 0.199. The Labute approximate surface area is 115 Å². The van der Waals surface area contributed by atoms with Gasteiger partial charge in [-0.05, 0) is 50.3 Å². The fraction of sp³-hybridized carbons (Fsp3) is 0.600. The van der Waals surface area contributed by atoms with Gasteiger partial charge in [-0.2, -0.15) is 0 Å². The number of hydrogen-bond donors (Lipinski definition) is 1. The van der Waals surface area contributed by atoms with E-state index in [9.17, 15) is 5.11 Å². The van der Waals surface area contributed by atoms with Gasteiger partial charge in [-0.3, -0.25) is 0 Å². The predicted molar refractivity (Wildman–Crippen MR) is 77.3 cm³/mol. The van der Waals surface area contributed by atoms with Gasteiger partial charge >= 0.3 is 0 Å². The molecule has 0 amide bonds. The van der Waals surface area contributed by atoms with E-state index in [1.165, 1.54) is 19.3 Å². The van der Waals surface area contributed by atoms with Crippen LogP contribution >= 0.6 is 11.6 Å². The van der Waals surface area contributed by atoms with Crippen LogP contribution in [0.5, 0.6) is 0 Å². The van der Waals surface area contributed by atoms with Crippen molar-refractivity contribution in [3.63, 3.8) is 0 Å². The van der Waals surface area contributed by atoms with Crippen LogP contribution in [0.1, 0.15) is 44.8 Å². The summed E-state index contributed by atoms with van der Waals surface area (Å²) in [6.07, 6.45) is 3.61. The molecular formula is C15H22ClNO. The van der Waals surface area contributed by atoms with Crippen molar-refractivity contribution in [3.8, 4) is 0 Å². The Morgan fingerprint density at radius 1 is 1.44 bits per heavy atom. The first kappa shape index (κ1) is 13.7. The number of aliphatic hydroxyl groups excluding tert-OH is 1. The Kier molecular flexibility index (Phi) is 4.52. The van der Waals surface area contributed by atoms with Crippen LogP contribution < -0.4 is 4.90 Å². The third-order valence-electron chi connectivity index (χ3n) is 3.88. The molecule has 3 heteroatoms. The van der Waals surface area contributed by atoms with Gasteiger partial charge in [-0.15, -0.1) is 0 Å². The van der Waals surface area contributed by atoms with Crippen LogP contribution in [0.3, 0.4) is 0 Å². The van der Waals surface area contributed by atoms with Crippen molar-refractivity contribution in [2.75, 3.05) is 18.0 Å². The number of rotatable bonds is 5. The molecule has 1 saturated carbocycles. The number of aliphatic hydroxyl groups is 1. The summed E-state index contributed by atoms with van der Waals surface area (Å²) in [6.45, 7) is 6.00. The summed E-state index contributed by atoms with van der Waals surface area (Å²) in [5, 5.41) is 10.3. The molecule has 18 heavy (non-hydrogen) atoms. The summed E-state index contributed by atoms with van der Waals surface area (Å²) in [5.74, 6) is 0.831. The van der Waals surface area contributed by atoms with Crippen molar-refractivity contribution in [2.45, 2.75) is 39.2 Å². The van der Waals surface area contributed by atoms with Crippen LogP contribution in [0, 0.1) is 5.92 Å². The van der Waals surface area contributed by atoms with Gasteiger partial charge in [0.05, 0.1) is 16.8 Å². The zero-order valence-corrected chi connectivity index (χ0v) is 12.0. The lowest BCUT2D eigenvalue weighted by atomic mass is 9.85. The molecular weight excluding hydrogens is 246 g/mol. The minimum absolute atomic E-state index is 0.460. The van der Waals surface area contributed by atoms with Crippen LogP contribution in [0.15, 0.2) is 18.2 Å². The normalized spacial score (nSPS) is 17.3. The first-order chi connectivity index (χ1) is 8.61. The molecule has 0 radical (unpaired) electrons. The largest absolute Gasteiger partial charge is 0.389 e. The van der Waals surface area contributed by atoms with Gasteiger partial charge in [0.2, 0.25) is 0 Å². The first-order valence-electron chi connectivity index (χ1n) is 6.84. The van der Waals surface area contributed by atoms with Crippen molar-refractivity contribution in [3.05, 3.63) is 28.8 Å². The molecule has 2 rings (SSSR count). The maximum atomic E-state index is 9.56. The maximum Gasteiger partial charge on any atom is 0.0762 e. The summed E-state index contributed by atoms with van der Waals surface area (Å²) >= 11 is 6.34. The van der Waals surface area contributed by atoms with Gasteiger partial charge in [0.1, 0.15) is 0 Å². The van der Waals surface area contributed by atoms with Crippen molar-refractivity contribution in [1.29, 1.82) is 0 Å². The number of hydrogen-bond acceptors (Lipinski definition) is 2. The van der Waals surface area contributed by atoms with E-state index >= 15 is 0 Å². The highest BCUT2D eigenvalue weighted by molar-refractivity contribution is 6.33. The molecule has 0 spiro atoms. The molecule has 100 valence electrons. The molecule has 1 aromatic rings. The minimum Gasteiger partial charge on any atom is -0.389 e. The number of halogens is 1. The molecule has 1 atom stereocenters. The Balaban J connectivity index is 2.14. The highest BCUT2D eigenvalue weighted by atomic mass is 35.5. The molecule has 1 aliphatic rings. The van der Waals surface area contributed by atoms with E-state index < -0.39 is 6.10 Å². The van der Waals surface area contributed by atoms with Gasteiger partial charge in [0, 0.05) is 13.1 Å². The van der Waals surface area contributed by atoms with E-state index in [1.54, 1.807) is 6.92 Å². The van der Waals surface area contributed by atoms with Crippen molar-refractivity contribution < 1.29 is 5.11 Å². The van der Waals surface area contributed by atoms with Crippen LogP contribution in [0.25, 0.3) is 0 Å². The molecule has 2 nitrogen and oxygen atoms in total. The van der Waals surface area contributed by atoms with Crippen LogP contribution in [-0.4, -0.2) is 18.2 Å². The van der Waals surface area contributed by atoms with Crippen LogP contribution in [0.4, 0.5) is 5.69 Å². The smallest absolute Gasteiger partial charge is 0.0762 e.